The van der Waals surface area contributed by atoms with Crippen molar-refractivity contribution in [2.45, 2.75) is 29.8 Å². The molecule has 1 aromatic rings. The largest absolute Gasteiger partial charge is 0.401 e. The van der Waals surface area contributed by atoms with Gasteiger partial charge in [-0.1, -0.05) is 12.1 Å². The summed E-state index contributed by atoms with van der Waals surface area (Å²) in [6, 6.07) is 4.82. The maximum absolute atomic E-state index is 12.8. The molecule has 0 bridgehead atoms. The van der Waals surface area contributed by atoms with Crippen LogP contribution in [0.1, 0.15) is 6.92 Å². The molecule has 0 N–H and O–H groups in total. The van der Waals surface area contributed by atoms with Gasteiger partial charge in [0.05, 0.1) is 17.1 Å². The topological polar surface area (TPSA) is 40.6 Å². The Labute approximate surface area is 136 Å². The molecule has 1 heterocycles. The van der Waals surface area contributed by atoms with Gasteiger partial charge in [0, 0.05) is 25.7 Å². The molecule has 0 spiro atoms. The van der Waals surface area contributed by atoms with E-state index in [2.05, 4.69) is 0 Å². The number of halogens is 5. The number of para-hydroxylation sites is 1. The first-order chi connectivity index (χ1) is 11.0. The van der Waals surface area contributed by atoms with Crippen molar-refractivity contribution in [1.29, 1.82) is 0 Å². The van der Waals surface area contributed by atoms with E-state index in [-0.39, 0.29) is 25.3 Å². The van der Waals surface area contributed by atoms with Crippen molar-refractivity contribution in [3.63, 3.8) is 0 Å². The number of anilines is 1. The number of alkyl halides is 5. The third-order valence-electron chi connectivity index (χ3n) is 3.89. The lowest BCUT2D eigenvalue weighted by atomic mass is 10.1. The van der Waals surface area contributed by atoms with Gasteiger partial charge in [0.25, 0.3) is 0 Å². The Hall–Kier alpha value is -1.42. The lowest BCUT2D eigenvalue weighted by molar-refractivity contribution is -0.150. The quantitative estimate of drug-likeness (QED) is 0.762. The molecular formula is C14H17F5N2O2S. The van der Waals surface area contributed by atoms with Gasteiger partial charge in [0.15, 0.2) is 0 Å². The Morgan fingerprint density at radius 2 is 1.83 bits per heavy atom. The van der Waals surface area contributed by atoms with Gasteiger partial charge in [-0.05, 0) is 19.1 Å². The first-order valence-electron chi connectivity index (χ1n) is 7.19. The van der Waals surface area contributed by atoms with E-state index in [0.717, 1.165) is 6.07 Å². The first-order valence-corrected chi connectivity index (χ1v) is 8.74. The van der Waals surface area contributed by atoms with E-state index >= 15 is 0 Å². The summed E-state index contributed by atoms with van der Waals surface area (Å²) in [6.07, 6.45) is -4.33. The molecule has 1 saturated heterocycles. The molecule has 1 fully saturated rings. The molecule has 10 heteroatoms. The Morgan fingerprint density at radius 1 is 1.21 bits per heavy atom. The average Bonchev–Trinajstić information content (AvgIpc) is 2.48. The SMILES string of the molecule is CC1CN(c2ccccc2S(=O)(=O)C(F)F)CCN1CC(F)(F)F. The van der Waals surface area contributed by atoms with Crippen LogP contribution in [0.15, 0.2) is 29.2 Å². The molecule has 1 aromatic carbocycles. The van der Waals surface area contributed by atoms with Crippen molar-refractivity contribution in [3.05, 3.63) is 24.3 Å². The smallest absolute Gasteiger partial charge is 0.368 e. The minimum atomic E-state index is -4.79. The van der Waals surface area contributed by atoms with Crippen molar-refractivity contribution >= 4 is 15.5 Å². The van der Waals surface area contributed by atoms with Crippen LogP contribution in [0.2, 0.25) is 0 Å². The summed E-state index contributed by atoms with van der Waals surface area (Å²) >= 11 is 0. The van der Waals surface area contributed by atoms with Crippen LogP contribution in [-0.4, -0.2) is 57.5 Å². The van der Waals surface area contributed by atoms with E-state index < -0.39 is 39.3 Å². The zero-order chi connectivity index (χ0) is 18.1. The maximum atomic E-state index is 12.8. The molecule has 0 saturated carbocycles. The highest BCUT2D eigenvalue weighted by Crippen LogP contribution is 2.31. The molecule has 0 radical (unpaired) electrons. The molecule has 1 aliphatic heterocycles. The molecule has 4 nitrogen and oxygen atoms in total. The van der Waals surface area contributed by atoms with E-state index in [1.165, 1.54) is 28.0 Å². The number of nitrogens with zero attached hydrogens (tertiary/aromatic N) is 2. The van der Waals surface area contributed by atoms with Crippen LogP contribution in [0, 0.1) is 0 Å². The van der Waals surface area contributed by atoms with E-state index in [0.29, 0.717) is 0 Å². The van der Waals surface area contributed by atoms with Gasteiger partial charge in [-0.2, -0.15) is 22.0 Å². The fourth-order valence-corrected chi connectivity index (χ4v) is 3.68. The van der Waals surface area contributed by atoms with Crippen LogP contribution in [0.4, 0.5) is 27.6 Å². The maximum Gasteiger partial charge on any atom is 0.401 e. The lowest BCUT2D eigenvalue weighted by Crippen LogP contribution is -2.54. The second kappa shape index (κ2) is 6.83. The van der Waals surface area contributed by atoms with Gasteiger partial charge in [-0.15, -0.1) is 0 Å². The number of hydrogen-bond acceptors (Lipinski definition) is 4. The molecule has 2 rings (SSSR count). The third-order valence-corrected chi connectivity index (χ3v) is 5.32. The van der Waals surface area contributed by atoms with Gasteiger partial charge in [0.1, 0.15) is 0 Å². The van der Waals surface area contributed by atoms with Gasteiger partial charge in [-0.25, -0.2) is 8.42 Å². The lowest BCUT2D eigenvalue weighted by Gasteiger charge is -2.41. The summed E-state index contributed by atoms with van der Waals surface area (Å²) in [7, 11) is -4.79. The molecule has 136 valence electrons. The van der Waals surface area contributed by atoms with Crippen LogP contribution < -0.4 is 4.90 Å². The third kappa shape index (κ3) is 4.15. The van der Waals surface area contributed by atoms with E-state index in [4.69, 9.17) is 0 Å². The number of piperazine rings is 1. The standard InChI is InChI=1S/C14H17F5N2O2S/c1-10-8-20(6-7-21(10)9-14(17,18)19)11-4-2-3-5-12(11)24(22,23)13(15)16/h2-5,10,13H,6-9H2,1H3. The minimum absolute atomic E-state index is 0.0593. The molecule has 1 atom stereocenters. The Kier molecular flexibility index (Phi) is 5.38. The Balaban J connectivity index is 2.24. The van der Waals surface area contributed by atoms with Gasteiger partial charge in [0.2, 0.25) is 9.84 Å². The van der Waals surface area contributed by atoms with Crippen LogP contribution in [0.25, 0.3) is 0 Å². The molecule has 1 unspecified atom stereocenters. The molecule has 1 aliphatic rings. The molecule has 0 aromatic heterocycles. The van der Waals surface area contributed by atoms with Crippen molar-refractivity contribution in [1.82, 2.24) is 4.90 Å². The summed E-state index contributed by atoms with van der Waals surface area (Å²) in [5.41, 5.74) is 0.0938. The predicted molar refractivity (Wildman–Crippen MR) is 78.9 cm³/mol. The number of benzene rings is 1. The minimum Gasteiger partial charge on any atom is -0.368 e. The van der Waals surface area contributed by atoms with Gasteiger partial charge in [-0.3, -0.25) is 4.90 Å². The molecule has 24 heavy (non-hydrogen) atoms. The summed E-state index contributed by atoms with van der Waals surface area (Å²) in [4.78, 5) is 2.27. The predicted octanol–water partition coefficient (Wildman–Crippen LogP) is 2.76. The number of rotatable bonds is 4. The second-order valence-electron chi connectivity index (χ2n) is 5.65. The Bertz CT molecular complexity index is 678. The zero-order valence-electron chi connectivity index (χ0n) is 12.8. The van der Waals surface area contributed by atoms with Crippen molar-refractivity contribution in [3.8, 4) is 0 Å². The van der Waals surface area contributed by atoms with Crippen LogP contribution in [-0.2, 0) is 9.84 Å². The van der Waals surface area contributed by atoms with E-state index in [9.17, 15) is 30.4 Å². The molecule has 0 amide bonds. The van der Waals surface area contributed by atoms with Crippen LogP contribution in [0.5, 0.6) is 0 Å². The fourth-order valence-electron chi connectivity index (χ4n) is 2.73. The van der Waals surface area contributed by atoms with Crippen molar-refractivity contribution < 1.29 is 30.4 Å². The summed E-state index contributed by atoms with van der Waals surface area (Å²) in [5.74, 6) is -3.55. The average molecular weight is 372 g/mol. The summed E-state index contributed by atoms with van der Waals surface area (Å²) in [5, 5.41) is 0. The zero-order valence-corrected chi connectivity index (χ0v) is 13.6. The second-order valence-corrected chi connectivity index (χ2v) is 7.54. The van der Waals surface area contributed by atoms with Crippen molar-refractivity contribution in [2.24, 2.45) is 0 Å². The number of hydrogen-bond donors (Lipinski definition) is 0. The summed E-state index contributed by atoms with van der Waals surface area (Å²) in [6.45, 7) is 0.826. The first kappa shape index (κ1) is 18.9. The van der Waals surface area contributed by atoms with Crippen molar-refractivity contribution in [2.75, 3.05) is 31.1 Å². The van der Waals surface area contributed by atoms with Gasteiger partial charge < -0.3 is 4.90 Å². The molecule has 0 aliphatic carbocycles. The normalized spacial score (nSPS) is 20.6. The highest BCUT2D eigenvalue weighted by Gasteiger charge is 2.36. The van der Waals surface area contributed by atoms with E-state index in [1.54, 1.807) is 6.92 Å². The van der Waals surface area contributed by atoms with E-state index in [1.807, 2.05) is 0 Å². The highest BCUT2D eigenvalue weighted by molar-refractivity contribution is 7.91. The molecular weight excluding hydrogens is 355 g/mol. The van der Waals surface area contributed by atoms with Gasteiger partial charge >= 0.3 is 11.9 Å². The fraction of sp³-hybridized carbons (Fsp3) is 0.571. The van der Waals surface area contributed by atoms with Crippen LogP contribution >= 0.6 is 0 Å². The number of sulfone groups is 1. The Morgan fingerprint density at radius 3 is 2.38 bits per heavy atom. The monoisotopic (exact) mass is 372 g/mol. The van der Waals surface area contributed by atoms with Crippen LogP contribution in [0.3, 0.4) is 0 Å². The summed E-state index contributed by atoms with van der Waals surface area (Å²) < 4.78 is 86.8. The highest BCUT2D eigenvalue weighted by atomic mass is 32.2.